The number of rotatable bonds is 1. The Kier molecular flexibility index (Phi) is 3.19. The smallest absolute Gasteiger partial charge is 0.348 e. The average molecular weight is 298 g/mol. The van der Waals surface area contributed by atoms with Gasteiger partial charge in [0.25, 0.3) is 0 Å². The van der Waals surface area contributed by atoms with E-state index in [1.165, 1.54) is 0 Å². The van der Waals surface area contributed by atoms with E-state index in [2.05, 4.69) is 31.9 Å². The first kappa shape index (κ1) is 9.33. The Morgan fingerprint density at radius 1 is 1.27 bits per heavy atom. The minimum absolute atomic E-state index is 0.315. The van der Waals surface area contributed by atoms with Gasteiger partial charge in [0.2, 0.25) is 0 Å². The first-order valence-electron chi connectivity index (χ1n) is 2.70. The Morgan fingerprint density at radius 2 is 1.91 bits per heavy atom. The van der Waals surface area contributed by atoms with Crippen molar-refractivity contribution in [1.29, 1.82) is 0 Å². The van der Waals surface area contributed by atoms with Crippen LogP contribution >= 0.6 is 39.9 Å². The fourth-order valence-electron chi connectivity index (χ4n) is 0.599. The van der Waals surface area contributed by atoms with Crippen LogP contribution in [0.1, 0.15) is 0 Å². The number of benzene rings is 1. The molecule has 0 aromatic heterocycles. The van der Waals surface area contributed by atoms with Gasteiger partial charge in [-0.15, -0.1) is 0 Å². The van der Waals surface area contributed by atoms with Gasteiger partial charge in [0, 0.05) is 15.0 Å². The van der Waals surface area contributed by atoms with Crippen molar-refractivity contribution in [1.82, 2.24) is 0 Å². The summed E-state index contributed by atoms with van der Waals surface area (Å²) in [5.74, 6) is 0. The second-order valence-corrected chi connectivity index (χ2v) is 4.59. The van der Waals surface area contributed by atoms with E-state index in [1.54, 1.807) is 18.2 Å². The normalized spacial score (nSPS) is 11.4. The topological polar surface area (TPSA) is 40.1 Å². The van der Waals surface area contributed by atoms with E-state index in [1.807, 2.05) is 0 Å². The van der Waals surface area contributed by atoms with Crippen LogP contribution in [-0.4, -0.2) is 0 Å². The Hall–Kier alpha value is 0.240. The van der Waals surface area contributed by atoms with Crippen LogP contribution in [0.15, 0.2) is 27.1 Å². The predicted molar refractivity (Wildman–Crippen MR) is 49.1 cm³/mol. The van der Waals surface area contributed by atoms with Crippen molar-refractivity contribution in [2.75, 3.05) is 0 Å². The lowest BCUT2D eigenvalue weighted by molar-refractivity contribution is -0.160. The largest absolute Gasteiger partial charge is 0.591 e. The lowest BCUT2D eigenvalue weighted by atomic mass is 10.4. The molecule has 58 valence electrons. The maximum Gasteiger partial charge on any atom is 0.348 e. The molecule has 0 aliphatic rings. The van der Waals surface area contributed by atoms with Gasteiger partial charge in [-0.2, -0.15) is 0 Å². The Labute approximate surface area is 81.8 Å². The monoisotopic (exact) mass is 296 g/mol. The molecule has 2 nitrogen and oxygen atoms in total. The summed E-state index contributed by atoms with van der Waals surface area (Å²) < 4.78 is 12.1. The van der Waals surface area contributed by atoms with Crippen LogP contribution in [0, 0.1) is 0 Å². The first-order chi connectivity index (χ1) is 5.11. The molecule has 0 aliphatic carbocycles. The lowest BCUT2D eigenvalue weighted by Gasteiger charge is -1.94. The van der Waals surface area contributed by atoms with Crippen molar-refractivity contribution in [2.45, 2.75) is 0 Å². The standard InChI is InChI=1S/C6H3Br2O2P/c7-5-2-1-4(11(9)10)3-6(5)8/h1-3H. The SMILES string of the molecule is O=[P+]([O-])c1ccc(Br)c(Br)c1. The predicted octanol–water partition coefficient (Wildman–Crippen LogP) is 1.94. The highest BCUT2D eigenvalue weighted by Gasteiger charge is 2.08. The van der Waals surface area contributed by atoms with Crippen molar-refractivity contribution in [3.05, 3.63) is 27.1 Å². The fourth-order valence-corrected chi connectivity index (χ4v) is 1.83. The molecular formula is C6H3Br2O2P. The molecule has 0 bridgehead atoms. The molecule has 1 aromatic carbocycles. The molecule has 1 aromatic rings. The zero-order chi connectivity index (χ0) is 8.43. The van der Waals surface area contributed by atoms with E-state index in [9.17, 15) is 9.46 Å². The van der Waals surface area contributed by atoms with Crippen LogP contribution in [0.4, 0.5) is 0 Å². The molecule has 0 saturated carbocycles. The molecular weight excluding hydrogens is 295 g/mol. The third-order valence-electron chi connectivity index (χ3n) is 1.11. The lowest BCUT2D eigenvalue weighted by Crippen LogP contribution is -2.03. The Morgan fingerprint density at radius 3 is 2.36 bits per heavy atom. The highest BCUT2D eigenvalue weighted by Crippen LogP contribution is 2.23. The summed E-state index contributed by atoms with van der Waals surface area (Å²) in [5.41, 5.74) is 0. The van der Waals surface area contributed by atoms with Gasteiger partial charge in [0.05, 0.1) is 0 Å². The second kappa shape index (κ2) is 3.76. The molecule has 0 aliphatic heterocycles. The van der Waals surface area contributed by atoms with Gasteiger partial charge in [-0.1, -0.05) is 4.57 Å². The third-order valence-corrected chi connectivity index (χ3v) is 3.69. The molecule has 0 fully saturated rings. The average Bonchev–Trinajstić information content (AvgIpc) is 1.94. The molecule has 1 atom stereocenters. The summed E-state index contributed by atoms with van der Waals surface area (Å²) in [5, 5.41) is 0.315. The highest BCUT2D eigenvalue weighted by atomic mass is 79.9. The molecule has 0 heterocycles. The van der Waals surface area contributed by atoms with E-state index in [0.29, 0.717) is 5.30 Å². The summed E-state index contributed by atoms with van der Waals surface area (Å²) in [6, 6.07) is 4.78. The van der Waals surface area contributed by atoms with Crippen LogP contribution in [0.2, 0.25) is 0 Å². The summed E-state index contributed by atoms with van der Waals surface area (Å²) in [6.45, 7) is 0. The Bertz CT molecular complexity index is 301. The minimum atomic E-state index is -2.47. The number of hydrogen-bond donors (Lipinski definition) is 0. The number of halogens is 2. The van der Waals surface area contributed by atoms with Gasteiger partial charge in [-0.05, 0) is 44.0 Å². The van der Waals surface area contributed by atoms with Crippen LogP contribution in [0.3, 0.4) is 0 Å². The number of hydrogen-bond acceptors (Lipinski definition) is 2. The molecule has 0 saturated heterocycles. The molecule has 0 N–H and O–H groups in total. The zero-order valence-corrected chi connectivity index (χ0v) is 9.32. The van der Waals surface area contributed by atoms with E-state index >= 15 is 0 Å². The van der Waals surface area contributed by atoms with E-state index in [0.717, 1.165) is 8.95 Å². The molecule has 0 spiro atoms. The van der Waals surface area contributed by atoms with Gasteiger partial charge < -0.3 is 4.89 Å². The van der Waals surface area contributed by atoms with Crippen LogP contribution in [0.25, 0.3) is 0 Å². The van der Waals surface area contributed by atoms with Crippen molar-refractivity contribution < 1.29 is 9.46 Å². The van der Waals surface area contributed by atoms with Crippen LogP contribution < -0.4 is 10.2 Å². The summed E-state index contributed by atoms with van der Waals surface area (Å²) >= 11 is 6.43. The van der Waals surface area contributed by atoms with Crippen molar-refractivity contribution in [3.63, 3.8) is 0 Å². The Balaban J connectivity index is 3.15. The van der Waals surface area contributed by atoms with E-state index in [-0.39, 0.29) is 0 Å². The molecule has 1 rings (SSSR count). The van der Waals surface area contributed by atoms with Gasteiger partial charge in [0.15, 0.2) is 5.30 Å². The molecule has 0 radical (unpaired) electrons. The van der Waals surface area contributed by atoms with Gasteiger partial charge in [-0.3, -0.25) is 0 Å². The van der Waals surface area contributed by atoms with Crippen LogP contribution in [0.5, 0.6) is 0 Å². The maximum absolute atomic E-state index is 10.5. The second-order valence-electron chi connectivity index (χ2n) is 1.86. The van der Waals surface area contributed by atoms with E-state index in [4.69, 9.17) is 0 Å². The minimum Gasteiger partial charge on any atom is -0.591 e. The van der Waals surface area contributed by atoms with Crippen molar-refractivity contribution in [3.8, 4) is 0 Å². The van der Waals surface area contributed by atoms with Gasteiger partial charge >= 0.3 is 8.03 Å². The molecule has 0 amide bonds. The third kappa shape index (κ3) is 2.34. The first-order valence-corrected chi connectivity index (χ1v) is 5.47. The molecule has 11 heavy (non-hydrogen) atoms. The zero-order valence-electron chi connectivity index (χ0n) is 5.25. The van der Waals surface area contributed by atoms with Gasteiger partial charge in [0.1, 0.15) is 0 Å². The van der Waals surface area contributed by atoms with Crippen molar-refractivity contribution in [2.24, 2.45) is 0 Å². The van der Waals surface area contributed by atoms with Crippen LogP contribution in [-0.2, 0) is 4.57 Å². The highest BCUT2D eigenvalue weighted by molar-refractivity contribution is 9.13. The van der Waals surface area contributed by atoms with E-state index < -0.39 is 8.03 Å². The van der Waals surface area contributed by atoms with Crippen molar-refractivity contribution >= 4 is 45.2 Å². The summed E-state index contributed by atoms with van der Waals surface area (Å²) in [4.78, 5) is 10.5. The molecule has 5 heteroatoms. The quantitative estimate of drug-likeness (QED) is 0.743. The summed E-state index contributed by atoms with van der Waals surface area (Å²) in [6.07, 6.45) is 0. The fraction of sp³-hybridized carbons (Fsp3) is 0. The maximum atomic E-state index is 10.5. The molecule has 1 unspecified atom stereocenters. The summed E-state index contributed by atoms with van der Waals surface area (Å²) in [7, 11) is -2.47. The van der Waals surface area contributed by atoms with Gasteiger partial charge in [-0.25, -0.2) is 0 Å².